The Hall–Kier alpha value is -2.19. The van der Waals surface area contributed by atoms with Crippen LogP contribution < -0.4 is 10.9 Å². The van der Waals surface area contributed by atoms with Gasteiger partial charge >= 0.3 is 0 Å². The Morgan fingerprint density at radius 2 is 1.53 bits per heavy atom. The van der Waals surface area contributed by atoms with Crippen LogP contribution in [-0.4, -0.2) is 42.7 Å². The minimum atomic E-state index is -3.66. The number of aromatic amines is 1. The van der Waals surface area contributed by atoms with Crippen LogP contribution in [0.25, 0.3) is 10.9 Å². The molecule has 4 rings (SSSR count). The molecule has 0 unspecified atom stereocenters. The van der Waals surface area contributed by atoms with Gasteiger partial charge in [0.2, 0.25) is 15.6 Å². The molecule has 7 nitrogen and oxygen atoms in total. The first-order chi connectivity index (χ1) is 15.4. The van der Waals surface area contributed by atoms with Gasteiger partial charge in [0.05, 0.1) is 10.5 Å². The van der Waals surface area contributed by atoms with Gasteiger partial charge in [-0.15, -0.1) is 0 Å². The zero-order valence-corrected chi connectivity index (χ0v) is 19.4. The Labute approximate surface area is 189 Å². The van der Waals surface area contributed by atoms with Crippen LogP contribution in [-0.2, 0) is 10.0 Å². The van der Waals surface area contributed by atoms with Crippen molar-refractivity contribution in [1.29, 1.82) is 0 Å². The van der Waals surface area contributed by atoms with E-state index in [4.69, 9.17) is 0 Å². The molecule has 174 valence electrons. The van der Waals surface area contributed by atoms with Gasteiger partial charge in [0.25, 0.3) is 5.91 Å². The molecule has 2 aliphatic rings. The molecule has 1 amide bonds. The zero-order valence-electron chi connectivity index (χ0n) is 18.6. The van der Waals surface area contributed by atoms with E-state index in [-0.39, 0.29) is 28.0 Å². The summed E-state index contributed by atoms with van der Waals surface area (Å²) in [5.41, 5.74) is 0.331. The van der Waals surface area contributed by atoms with Gasteiger partial charge in [-0.05, 0) is 43.9 Å². The molecule has 2 N–H and O–H groups in total. The van der Waals surface area contributed by atoms with Gasteiger partial charge in [-0.3, -0.25) is 9.59 Å². The number of pyridine rings is 1. The number of benzene rings is 1. The van der Waals surface area contributed by atoms with Crippen LogP contribution in [0, 0.1) is 0 Å². The minimum absolute atomic E-state index is 0.0844. The average molecular weight is 460 g/mol. The standard InChI is InChI=1S/C24H33N3O4S/c28-23-17-21(24(29)25-18-10-6-2-1-3-7-11-18)20-16-19(12-13-22(20)26-23)32(30,31)27-14-8-4-5-9-15-27/h12-13,16-18H,1-11,14-15H2,(H,25,29)(H,26,28). The van der Waals surface area contributed by atoms with Crippen LogP contribution in [0.5, 0.6) is 0 Å². The van der Waals surface area contributed by atoms with Crippen LogP contribution in [0.3, 0.4) is 0 Å². The highest BCUT2D eigenvalue weighted by molar-refractivity contribution is 7.89. The molecule has 0 bridgehead atoms. The molecule has 0 radical (unpaired) electrons. The molecule has 1 aromatic heterocycles. The maximum absolute atomic E-state index is 13.3. The van der Waals surface area contributed by atoms with Crippen LogP contribution >= 0.6 is 0 Å². The van der Waals surface area contributed by atoms with Crippen molar-refractivity contribution in [3.05, 3.63) is 40.2 Å². The summed E-state index contributed by atoms with van der Waals surface area (Å²) >= 11 is 0. The van der Waals surface area contributed by atoms with Gasteiger partial charge in [-0.1, -0.05) is 44.9 Å². The topological polar surface area (TPSA) is 99.3 Å². The molecule has 1 saturated heterocycles. The van der Waals surface area contributed by atoms with E-state index in [1.807, 2.05) is 0 Å². The van der Waals surface area contributed by atoms with E-state index in [9.17, 15) is 18.0 Å². The van der Waals surface area contributed by atoms with Gasteiger partial charge in [-0.2, -0.15) is 4.31 Å². The molecule has 2 aromatic rings. The third-order valence-corrected chi connectivity index (χ3v) is 8.60. The summed E-state index contributed by atoms with van der Waals surface area (Å²) in [5.74, 6) is -0.309. The zero-order chi connectivity index (χ0) is 22.6. The fourth-order valence-electron chi connectivity index (χ4n) is 4.88. The Balaban J connectivity index is 1.66. The van der Waals surface area contributed by atoms with E-state index in [1.54, 1.807) is 16.4 Å². The summed E-state index contributed by atoms with van der Waals surface area (Å²) in [5, 5.41) is 3.56. The Kier molecular flexibility index (Phi) is 7.30. The van der Waals surface area contributed by atoms with Gasteiger partial charge in [0.1, 0.15) is 0 Å². The Morgan fingerprint density at radius 1 is 0.906 bits per heavy atom. The van der Waals surface area contributed by atoms with Crippen LogP contribution in [0.2, 0.25) is 0 Å². The van der Waals surface area contributed by atoms with Gasteiger partial charge < -0.3 is 10.3 Å². The second-order valence-corrected chi connectivity index (χ2v) is 11.0. The van der Waals surface area contributed by atoms with Crippen molar-refractivity contribution in [2.75, 3.05) is 13.1 Å². The van der Waals surface area contributed by atoms with Crippen molar-refractivity contribution in [3.8, 4) is 0 Å². The number of carbonyl (C=O) groups excluding carboxylic acids is 1. The van der Waals surface area contributed by atoms with Crippen molar-refractivity contribution in [2.45, 2.75) is 81.6 Å². The lowest BCUT2D eigenvalue weighted by Crippen LogP contribution is -2.36. The molecule has 8 heteroatoms. The number of amides is 1. The quantitative estimate of drug-likeness (QED) is 0.723. The first-order valence-corrected chi connectivity index (χ1v) is 13.4. The molecule has 1 aliphatic heterocycles. The average Bonchev–Trinajstić information content (AvgIpc) is 3.04. The molecule has 1 aliphatic carbocycles. The highest BCUT2D eigenvalue weighted by Crippen LogP contribution is 2.25. The first-order valence-electron chi connectivity index (χ1n) is 11.9. The number of nitrogens with one attached hydrogen (secondary N) is 2. The van der Waals surface area contributed by atoms with E-state index in [2.05, 4.69) is 10.3 Å². The predicted octanol–water partition coefficient (Wildman–Crippen LogP) is 3.94. The summed E-state index contributed by atoms with van der Waals surface area (Å²) in [6.45, 7) is 1.03. The van der Waals surface area contributed by atoms with Crippen LogP contribution in [0.1, 0.15) is 81.0 Å². The number of H-pyrrole nitrogens is 1. The molecule has 32 heavy (non-hydrogen) atoms. The Morgan fingerprint density at radius 3 is 2.22 bits per heavy atom. The van der Waals surface area contributed by atoms with E-state index < -0.39 is 10.0 Å². The van der Waals surface area contributed by atoms with Crippen LogP contribution in [0.15, 0.2) is 34.0 Å². The largest absolute Gasteiger partial charge is 0.349 e. The number of nitrogens with zero attached hydrogens (tertiary/aromatic N) is 1. The fourth-order valence-corrected chi connectivity index (χ4v) is 6.42. The number of fused-ring (bicyclic) bond motifs is 1. The van der Waals surface area contributed by atoms with Crippen molar-refractivity contribution in [3.63, 3.8) is 0 Å². The van der Waals surface area contributed by atoms with Gasteiger partial charge in [-0.25, -0.2) is 8.42 Å². The highest BCUT2D eigenvalue weighted by Gasteiger charge is 2.26. The maximum Gasteiger partial charge on any atom is 0.252 e. The SMILES string of the molecule is O=C(NC1CCCCCCC1)c1cc(=O)[nH]c2ccc(S(=O)(=O)N3CCCCCC3)cc12. The van der Waals surface area contributed by atoms with Crippen molar-refractivity contribution in [1.82, 2.24) is 14.6 Å². The number of hydrogen-bond acceptors (Lipinski definition) is 4. The number of sulfonamides is 1. The monoisotopic (exact) mass is 459 g/mol. The molecular weight excluding hydrogens is 426 g/mol. The summed E-state index contributed by atoms with van der Waals surface area (Å²) in [6.07, 6.45) is 11.4. The van der Waals surface area contributed by atoms with Crippen molar-refractivity contribution >= 4 is 26.8 Å². The lowest BCUT2D eigenvalue weighted by atomic mass is 9.96. The summed E-state index contributed by atoms with van der Waals surface area (Å²) in [4.78, 5) is 28.3. The van der Waals surface area contributed by atoms with E-state index in [0.717, 1.165) is 51.4 Å². The van der Waals surface area contributed by atoms with Crippen molar-refractivity contribution < 1.29 is 13.2 Å². The van der Waals surface area contributed by atoms with Gasteiger partial charge in [0.15, 0.2) is 0 Å². The van der Waals surface area contributed by atoms with Crippen molar-refractivity contribution in [2.24, 2.45) is 0 Å². The number of carbonyl (C=O) groups is 1. The maximum atomic E-state index is 13.3. The normalized spacial score (nSPS) is 19.8. The van der Waals surface area contributed by atoms with E-state index in [0.29, 0.717) is 24.0 Å². The molecular formula is C24H33N3O4S. The number of aromatic nitrogens is 1. The van der Waals surface area contributed by atoms with E-state index in [1.165, 1.54) is 31.4 Å². The summed E-state index contributed by atoms with van der Waals surface area (Å²) < 4.78 is 28.1. The summed E-state index contributed by atoms with van der Waals surface area (Å²) in [6, 6.07) is 6.02. The first kappa shape index (κ1) is 23.0. The van der Waals surface area contributed by atoms with E-state index >= 15 is 0 Å². The summed E-state index contributed by atoms with van der Waals surface area (Å²) in [7, 11) is -3.66. The highest BCUT2D eigenvalue weighted by atomic mass is 32.2. The third-order valence-electron chi connectivity index (χ3n) is 6.70. The number of hydrogen-bond donors (Lipinski definition) is 2. The smallest absolute Gasteiger partial charge is 0.252 e. The molecule has 0 spiro atoms. The predicted molar refractivity (Wildman–Crippen MR) is 125 cm³/mol. The second-order valence-electron chi connectivity index (χ2n) is 9.09. The molecule has 1 aromatic carbocycles. The molecule has 2 heterocycles. The fraction of sp³-hybridized carbons (Fsp3) is 0.583. The molecule has 0 atom stereocenters. The second kappa shape index (κ2) is 10.2. The lowest BCUT2D eigenvalue weighted by molar-refractivity contribution is 0.0932. The van der Waals surface area contributed by atoms with Gasteiger partial charge in [0, 0.05) is 36.1 Å². The van der Waals surface area contributed by atoms with Crippen LogP contribution in [0.4, 0.5) is 0 Å². The minimum Gasteiger partial charge on any atom is -0.349 e. The molecule has 2 fully saturated rings. The third kappa shape index (κ3) is 5.23. The molecule has 1 saturated carbocycles. The number of rotatable bonds is 4. The lowest BCUT2D eigenvalue weighted by Gasteiger charge is -2.22. The Bertz CT molecular complexity index is 1110.